The summed E-state index contributed by atoms with van der Waals surface area (Å²) in [6.07, 6.45) is 0. The van der Waals surface area contributed by atoms with Gasteiger partial charge in [-0.05, 0) is 55.5 Å². The van der Waals surface area contributed by atoms with Gasteiger partial charge in [-0.3, -0.25) is 9.36 Å². The molecule has 1 N–H and O–H groups in total. The number of nitrogens with one attached hydrogen (secondary N) is 1. The van der Waals surface area contributed by atoms with Gasteiger partial charge in [-0.1, -0.05) is 47.7 Å². The summed E-state index contributed by atoms with van der Waals surface area (Å²) in [5.41, 5.74) is 3.92. The number of amides is 1. The fraction of sp³-hybridized carbons (Fsp3) is 0.192. The van der Waals surface area contributed by atoms with Crippen LogP contribution < -0.4 is 15.0 Å². The Morgan fingerprint density at radius 3 is 2.35 bits per heavy atom. The third-order valence-corrected chi connectivity index (χ3v) is 6.03. The molecule has 4 rings (SSSR count). The van der Waals surface area contributed by atoms with Gasteiger partial charge in [0.25, 0.3) is 0 Å². The predicted octanol–water partition coefficient (Wildman–Crippen LogP) is 4.95. The van der Waals surface area contributed by atoms with Crippen LogP contribution in [-0.2, 0) is 11.4 Å². The van der Waals surface area contributed by atoms with Crippen LogP contribution in [0.3, 0.4) is 0 Å². The highest BCUT2D eigenvalue weighted by atomic mass is 32.2. The van der Waals surface area contributed by atoms with Crippen molar-refractivity contribution >= 4 is 29.0 Å². The molecule has 0 fully saturated rings. The fourth-order valence-electron chi connectivity index (χ4n) is 3.28. The Labute approximate surface area is 203 Å². The summed E-state index contributed by atoms with van der Waals surface area (Å²) >= 11 is 1.34. The molecule has 1 heterocycles. The maximum absolute atomic E-state index is 12.6. The van der Waals surface area contributed by atoms with E-state index in [1.165, 1.54) is 17.3 Å². The number of benzene rings is 3. The molecule has 7 nitrogen and oxygen atoms in total. The first-order valence-corrected chi connectivity index (χ1v) is 11.9. The monoisotopic (exact) mass is 473 g/mol. The smallest absolute Gasteiger partial charge is 0.234 e. The van der Waals surface area contributed by atoms with Gasteiger partial charge < -0.3 is 15.0 Å². The summed E-state index contributed by atoms with van der Waals surface area (Å²) in [6, 6.07) is 25.4. The van der Waals surface area contributed by atoms with E-state index in [4.69, 9.17) is 4.74 Å². The molecule has 0 aliphatic heterocycles. The molecule has 0 unspecified atom stereocenters. The van der Waals surface area contributed by atoms with Crippen molar-refractivity contribution in [2.45, 2.75) is 18.7 Å². The van der Waals surface area contributed by atoms with Crippen molar-refractivity contribution in [3.05, 3.63) is 90.3 Å². The van der Waals surface area contributed by atoms with E-state index in [0.717, 1.165) is 22.8 Å². The lowest BCUT2D eigenvalue weighted by Crippen LogP contribution is -2.15. The van der Waals surface area contributed by atoms with Crippen LogP contribution in [0.25, 0.3) is 5.69 Å². The first-order chi connectivity index (χ1) is 16.5. The topological polar surface area (TPSA) is 72.3 Å². The Morgan fingerprint density at radius 1 is 0.971 bits per heavy atom. The molecule has 0 saturated heterocycles. The van der Waals surface area contributed by atoms with Gasteiger partial charge >= 0.3 is 0 Å². The minimum absolute atomic E-state index is 0.109. The molecule has 174 valence electrons. The van der Waals surface area contributed by atoms with E-state index in [1.54, 1.807) is 0 Å². The average molecular weight is 474 g/mol. The largest absolute Gasteiger partial charge is 0.486 e. The second-order valence-electron chi connectivity index (χ2n) is 7.95. The van der Waals surface area contributed by atoms with Crippen LogP contribution in [0.1, 0.15) is 11.4 Å². The van der Waals surface area contributed by atoms with Gasteiger partial charge in [-0.2, -0.15) is 0 Å². The molecule has 4 aromatic rings. The second kappa shape index (κ2) is 10.9. The molecule has 0 aliphatic carbocycles. The number of hydrogen-bond acceptors (Lipinski definition) is 6. The number of aryl methyl sites for hydroxylation is 1. The third-order valence-electron chi connectivity index (χ3n) is 5.10. The number of aromatic nitrogens is 3. The average Bonchev–Trinajstić information content (AvgIpc) is 3.26. The van der Waals surface area contributed by atoms with E-state index in [1.807, 2.05) is 109 Å². The van der Waals surface area contributed by atoms with Crippen molar-refractivity contribution in [2.75, 3.05) is 30.1 Å². The molecule has 0 bridgehead atoms. The van der Waals surface area contributed by atoms with E-state index in [0.29, 0.717) is 11.0 Å². The van der Waals surface area contributed by atoms with Gasteiger partial charge in [0.2, 0.25) is 5.91 Å². The molecule has 1 aromatic heterocycles. The molecular formula is C26H27N5O2S. The van der Waals surface area contributed by atoms with Gasteiger partial charge in [-0.15, -0.1) is 10.2 Å². The quantitative estimate of drug-likeness (QED) is 0.347. The summed E-state index contributed by atoms with van der Waals surface area (Å²) in [6.45, 7) is 2.30. The number of para-hydroxylation sites is 1. The summed E-state index contributed by atoms with van der Waals surface area (Å²) in [7, 11) is 3.96. The molecule has 0 spiro atoms. The van der Waals surface area contributed by atoms with Crippen LogP contribution in [0.2, 0.25) is 0 Å². The molecule has 0 aliphatic rings. The Kier molecular flexibility index (Phi) is 7.49. The van der Waals surface area contributed by atoms with Crippen LogP contribution in [0.4, 0.5) is 11.4 Å². The third kappa shape index (κ3) is 5.96. The van der Waals surface area contributed by atoms with Gasteiger partial charge in [-0.25, -0.2) is 0 Å². The van der Waals surface area contributed by atoms with Crippen LogP contribution >= 0.6 is 11.8 Å². The number of thioether (sulfide) groups is 1. The molecule has 1 amide bonds. The number of rotatable bonds is 9. The molecule has 0 radical (unpaired) electrons. The summed E-state index contributed by atoms with van der Waals surface area (Å²) in [4.78, 5) is 14.6. The number of hydrogen-bond donors (Lipinski definition) is 1. The summed E-state index contributed by atoms with van der Waals surface area (Å²) in [5, 5.41) is 12.2. The summed E-state index contributed by atoms with van der Waals surface area (Å²) < 4.78 is 7.87. The molecule has 8 heteroatoms. The zero-order chi connectivity index (χ0) is 23.9. The molecule has 0 atom stereocenters. The zero-order valence-corrected chi connectivity index (χ0v) is 20.2. The lowest BCUT2D eigenvalue weighted by Gasteiger charge is -2.13. The lowest BCUT2D eigenvalue weighted by molar-refractivity contribution is -0.113. The van der Waals surface area contributed by atoms with Crippen molar-refractivity contribution in [1.82, 2.24) is 14.8 Å². The van der Waals surface area contributed by atoms with E-state index in [9.17, 15) is 4.79 Å². The van der Waals surface area contributed by atoms with E-state index in [2.05, 4.69) is 15.5 Å². The van der Waals surface area contributed by atoms with Gasteiger partial charge in [0.15, 0.2) is 11.0 Å². The first-order valence-electron chi connectivity index (χ1n) is 10.9. The molecule has 3 aromatic carbocycles. The van der Waals surface area contributed by atoms with E-state index >= 15 is 0 Å². The van der Waals surface area contributed by atoms with Crippen LogP contribution in [0.5, 0.6) is 5.75 Å². The molecule has 34 heavy (non-hydrogen) atoms. The number of anilines is 2. The van der Waals surface area contributed by atoms with E-state index in [-0.39, 0.29) is 18.3 Å². The second-order valence-corrected chi connectivity index (χ2v) is 8.89. The van der Waals surface area contributed by atoms with Crippen molar-refractivity contribution in [1.29, 1.82) is 0 Å². The zero-order valence-electron chi connectivity index (χ0n) is 19.4. The molecule has 0 saturated carbocycles. The fourth-order valence-corrected chi connectivity index (χ4v) is 4.05. The molecular weight excluding hydrogens is 446 g/mol. The Hall–Kier alpha value is -3.78. The van der Waals surface area contributed by atoms with Crippen molar-refractivity contribution < 1.29 is 9.53 Å². The Bertz CT molecular complexity index is 1220. The van der Waals surface area contributed by atoms with Crippen molar-refractivity contribution in [2.24, 2.45) is 0 Å². The number of ether oxygens (including phenoxy) is 1. The van der Waals surface area contributed by atoms with Crippen molar-refractivity contribution in [3.8, 4) is 11.4 Å². The Morgan fingerprint density at radius 2 is 1.68 bits per heavy atom. The van der Waals surface area contributed by atoms with Gasteiger partial charge in [0.1, 0.15) is 12.4 Å². The van der Waals surface area contributed by atoms with Crippen LogP contribution in [-0.4, -0.2) is 40.5 Å². The minimum Gasteiger partial charge on any atom is -0.486 e. The van der Waals surface area contributed by atoms with E-state index < -0.39 is 0 Å². The minimum atomic E-state index is -0.109. The van der Waals surface area contributed by atoms with Crippen LogP contribution in [0.15, 0.2) is 84.0 Å². The normalized spacial score (nSPS) is 10.7. The Balaban J connectivity index is 1.45. The van der Waals surface area contributed by atoms with Gasteiger partial charge in [0.05, 0.1) is 5.75 Å². The first kappa shape index (κ1) is 23.4. The predicted molar refractivity (Wildman–Crippen MR) is 137 cm³/mol. The SMILES string of the molecule is Cc1ccc(OCc2nnc(SCC(=O)Nc3ccc(N(C)C)cc3)n2-c2ccccc2)cc1. The number of carbonyl (C=O) groups excluding carboxylic acids is 1. The standard InChI is InChI=1S/C26H27N5O2S/c1-19-9-15-23(16-10-19)33-17-24-28-29-26(31(24)22-7-5-4-6-8-22)34-18-25(32)27-20-11-13-21(14-12-20)30(2)3/h4-16H,17-18H2,1-3H3,(H,27,32). The lowest BCUT2D eigenvalue weighted by atomic mass is 10.2. The number of nitrogens with zero attached hydrogens (tertiary/aromatic N) is 4. The maximum Gasteiger partial charge on any atom is 0.234 e. The maximum atomic E-state index is 12.6. The van der Waals surface area contributed by atoms with Crippen LogP contribution in [0, 0.1) is 6.92 Å². The van der Waals surface area contributed by atoms with Gasteiger partial charge in [0, 0.05) is 31.2 Å². The van der Waals surface area contributed by atoms with Crippen molar-refractivity contribution in [3.63, 3.8) is 0 Å². The summed E-state index contributed by atoms with van der Waals surface area (Å²) in [5.74, 6) is 1.53. The number of carbonyl (C=O) groups is 1. The highest BCUT2D eigenvalue weighted by Gasteiger charge is 2.16. The highest BCUT2D eigenvalue weighted by Crippen LogP contribution is 2.24. The highest BCUT2D eigenvalue weighted by molar-refractivity contribution is 7.99.